The Morgan fingerprint density at radius 3 is 1.44 bits per heavy atom. The van der Waals surface area contributed by atoms with Gasteiger partial charge in [0.15, 0.2) is 0 Å². The third-order valence-electron chi connectivity index (χ3n) is 9.31. The van der Waals surface area contributed by atoms with E-state index in [0.717, 1.165) is 24.0 Å². The zero-order chi connectivity index (χ0) is 41.9. The Morgan fingerprint density at radius 2 is 1.00 bits per heavy atom. The number of carbonyl (C=O) groups is 5. The van der Waals surface area contributed by atoms with E-state index in [0.29, 0.717) is 70.9 Å². The molecule has 2 aromatic rings. The number of nitrogens with one attached hydrogen (secondary N) is 4. The first-order chi connectivity index (χ1) is 27.2. The summed E-state index contributed by atoms with van der Waals surface area (Å²) < 4.78 is 21.7. The molecule has 13 heteroatoms. The number of ether oxygens (including phenoxy) is 4. The van der Waals surface area contributed by atoms with Crippen LogP contribution in [0.15, 0.2) is 60.7 Å². The number of hydrogen-bond donors (Lipinski definition) is 4. The van der Waals surface area contributed by atoms with Gasteiger partial charge in [-0.1, -0.05) is 81.4 Å². The Kier molecular flexibility index (Phi) is 23.0. The van der Waals surface area contributed by atoms with E-state index < -0.39 is 35.7 Å². The van der Waals surface area contributed by atoms with E-state index in [1.807, 2.05) is 102 Å². The molecule has 0 aliphatic heterocycles. The maximum absolute atomic E-state index is 13.1. The molecule has 0 spiro atoms. The van der Waals surface area contributed by atoms with Gasteiger partial charge in [0.05, 0.1) is 13.2 Å². The third-order valence-corrected chi connectivity index (χ3v) is 9.31. The predicted molar refractivity (Wildman–Crippen MR) is 220 cm³/mol. The summed E-state index contributed by atoms with van der Waals surface area (Å²) >= 11 is 0. The minimum Gasteiger partial charge on any atom is -0.465 e. The van der Waals surface area contributed by atoms with Gasteiger partial charge < -0.3 is 34.9 Å². The summed E-state index contributed by atoms with van der Waals surface area (Å²) in [5, 5.41) is 11.7. The number of rotatable bonds is 27. The highest BCUT2D eigenvalue weighted by Crippen LogP contribution is 2.20. The Balaban J connectivity index is 1.65. The van der Waals surface area contributed by atoms with E-state index in [1.54, 1.807) is 0 Å². The van der Waals surface area contributed by atoms with Crippen LogP contribution in [0.2, 0.25) is 0 Å². The number of alkyl carbamates (subject to hydrolysis) is 2. The summed E-state index contributed by atoms with van der Waals surface area (Å²) in [5.74, 6) is -0.986. The zero-order valence-corrected chi connectivity index (χ0v) is 35.1. The number of amides is 3. The van der Waals surface area contributed by atoms with Crippen molar-refractivity contribution in [1.29, 1.82) is 0 Å². The van der Waals surface area contributed by atoms with Crippen LogP contribution in [0.1, 0.15) is 123 Å². The van der Waals surface area contributed by atoms with Gasteiger partial charge >= 0.3 is 24.1 Å². The Labute approximate surface area is 340 Å². The summed E-state index contributed by atoms with van der Waals surface area (Å²) in [5.41, 5.74) is 0.896. The van der Waals surface area contributed by atoms with E-state index in [4.69, 9.17) is 18.9 Å². The molecule has 0 aliphatic carbocycles. The minimum absolute atomic E-state index is 0.183. The van der Waals surface area contributed by atoms with Gasteiger partial charge in [0.25, 0.3) is 0 Å². The standard InChI is InChI=1S/C44H68N4O9/c1-7-44(5,6)40(51)47-36(26-16-18-28-45-41(52)56-32-34-22-12-10-13-23-34)38(49)54-30-20-8-9-21-31-55-39(50)37(48-43(2,3)4)27-17-19-29-46-42(53)57-33-35-24-14-11-15-25-35/h10-15,22-25,36-37,48H,7-9,16-21,26-33H2,1-6H3,(H,45,52)(H,46,53)(H,47,51). The molecule has 13 nitrogen and oxygen atoms in total. The molecular weight excluding hydrogens is 729 g/mol. The molecule has 0 aliphatic rings. The van der Waals surface area contributed by atoms with Gasteiger partial charge in [-0.05, 0) is 103 Å². The molecule has 0 radical (unpaired) electrons. The van der Waals surface area contributed by atoms with Gasteiger partial charge in [-0.3, -0.25) is 14.9 Å². The number of benzene rings is 2. The van der Waals surface area contributed by atoms with Gasteiger partial charge in [-0.25, -0.2) is 14.4 Å². The number of unbranched alkanes of at least 4 members (excludes halogenated alkanes) is 5. The highest BCUT2D eigenvalue weighted by molar-refractivity contribution is 5.87. The molecule has 2 rings (SSSR count). The quantitative estimate of drug-likeness (QED) is 0.0403. The van der Waals surface area contributed by atoms with Gasteiger partial charge in [-0.15, -0.1) is 0 Å². The minimum atomic E-state index is -0.792. The lowest BCUT2D eigenvalue weighted by Crippen LogP contribution is -2.48. The average molecular weight is 797 g/mol. The molecule has 2 unspecified atom stereocenters. The fraction of sp³-hybridized carbons (Fsp3) is 0.614. The van der Waals surface area contributed by atoms with Crippen molar-refractivity contribution in [3.05, 3.63) is 71.8 Å². The zero-order valence-electron chi connectivity index (χ0n) is 35.1. The van der Waals surface area contributed by atoms with Crippen LogP contribution in [0.3, 0.4) is 0 Å². The van der Waals surface area contributed by atoms with E-state index in [9.17, 15) is 24.0 Å². The molecule has 2 aromatic carbocycles. The largest absolute Gasteiger partial charge is 0.465 e. The molecule has 0 saturated heterocycles. The Morgan fingerprint density at radius 1 is 0.561 bits per heavy atom. The molecule has 0 bridgehead atoms. The molecular formula is C44H68N4O9. The first kappa shape index (κ1) is 48.5. The van der Waals surface area contributed by atoms with Crippen molar-refractivity contribution in [2.45, 2.75) is 143 Å². The van der Waals surface area contributed by atoms with E-state index in [2.05, 4.69) is 21.3 Å². The second kappa shape index (κ2) is 27.1. The maximum atomic E-state index is 13.1. The second-order valence-corrected chi connectivity index (χ2v) is 15.9. The summed E-state index contributed by atoms with van der Waals surface area (Å²) in [4.78, 5) is 63.0. The van der Waals surface area contributed by atoms with Crippen molar-refractivity contribution in [2.24, 2.45) is 5.41 Å². The van der Waals surface area contributed by atoms with Gasteiger partial charge in [-0.2, -0.15) is 0 Å². The van der Waals surface area contributed by atoms with Crippen LogP contribution in [0.25, 0.3) is 0 Å². The lowest BCUT2D eigenvalue weighted by molar-refractivity contribution is -0.149. The van der Waals surface area contributed by atoms with Gasteiger partial charge in [0.2, 0.25) is 5.91 Å². The van der Waals surface area contributed by atoms with Crippen molar-refractivity contribution in [3.63, 3.8) is 0 Å². The lowest BCUT2D eigenvalue weighted by atomic mass is 9.89. The Bertz CT molecular complexity index is 1470. The van der Waals surface area contributed by atoms with Crippen molar-refractivity contribution in [1.82, 2.24) is 21.3 Å². The van der Waals surface area contributed by atoms with Crippen LogP contribution in [-0.4, -0.2) is 74.0 Å². The fourth-order valence-corrected chi connectivity index (χ4v) is 5.52. The Hall–Kier alpha value is -4.65. The molecule has 0 saturated carbocycles. The molecule has 0 fully saturated rings. The van der Waals surface area contributed by atoms with Crippen LogP contribution in [-0.2, 0) is 46.5 Å². The second-order valence-electron chi connectivity index (χ2n) is 15.9. The maximum Gasteiger partial charge on any atom is 0.407 e. The van der Waals surface area contributed by atoms with Gasteiger partial charge in [0, 0.05) is 24.0 Å². The first-order valence-corrected chi connectivity index (χ1v) is 20.5. The summed E-state index contributed by atoms with van der Waals surface area (Å²) in [6.45, 7) is 13.3. The SMILES string of the molecule is CCC(C)(C)C(=O)NC(CCCCNC(=O)OCc1ccccc1)C(=O)OCCCCCCOC(=O)C(CCCCNC(=O)OCc1ccccc1)NC(C)(C)C. The molecule has 3 amide bonds. The van der Waals surface area contributed by atoms with E-state index >= 15 is 0 Å². The number of hydrogen-bond acceptors (Lipinski definition) is 10. The third kappa shape index (κ3) is 22.6. The smallest absolute Gasteiger partial charge is 0.407 e. The van der Waals surface area contributed by atoms with Crippen molar-refractivity contribution in [2.75, 3.05) is 26.3 Å². The van der Waals surface area contributed by atoms with Crippen LogP contribution in [0, 0.1) is 5.41 Å². The molecule has 57 heavy (non-hydrogen) atoms. The van der Waals surface area contributed by atoms with Crippen LogP contribution in [0.4, 0.5) is 9.59 Å². The average Bonchev–Trinajstić information content (AvgIpc) is 3.19. The fourth-order valence-electron chi connectivity index (χ4n) is 5.52. The predicted octanol–water partition coefficient (Wildman–Crippen LogP) is 7.50. The van der Waals surface area contributed by atoms with Crippen molar-refractivity contribution >= 4 is 30.0 Å². The van der Waals surface area contributed by atoms with Gasteiger partial charge in [0.1, 0.15) is 25.3 Å². The van der Waals surface area contributed by atoms with Crippen molar-refractivity contribution < 1.29 is 42.9 Å². The normalized spacial score (nSPS) is 12.5. The summed E-state index contributed by atoms with van der Waals surface area (Å²) in [6.07, 6.45) is 6.05. The lowest BCUT2D eigenvalue weighted by Gasteiger charge is -2.27. The summed E-state index contributed by atoms with van der Waals surface area (Å²) in [7, 11) is 0. The first-order valence-electron chi connectivity index (χ1n) is 20.5. The van der Waals surface area contributed by atoms with Crippen LogP contribution >= 0.6 is 0 Å². The topological polar surface area (TPSA) is 170 Å². The summed E-state index contributed by atoms with van der Waals surface area (Å²) in [6, 6.07) is 17.6. The monoisotopic (exact) mass is 796 g/mol. The molecule has 0 heterocycles. The molecule has 4 N–H and O–H groups in total. The van der Waals surface area contributed by atoms with Crippen LogP contribution < -0.4 is 21.3 Å². The molecule has 318 valence electrons. The highest BCUT2D eigenvalue weighted by atomic mass is 16.6. The number of esters is 2. The van der Waals surface area contributed by atoms with Crippen LogP contribution in [0.5, 0.6) is 0 Å². The highest BCUT2D eigenvalue weighted by Gasteiger charge is 2.30. The number of carbonyl (C=O) groups excluding carboxylic acids is 5. The van der Waals surface area contributed by atoms with E-state index in [-0.39, 0.29) is 43.8 Å². The van der Waals surface area contributed by atoms with Crippen molar-refractivity contribution in [3.8, 4) is 0 Å². The molecule has 0 aromatic heterocycles. The molecule has 2 atom stereocenters. The van der Waals surface area contributed by atoms with E-state index in [1.165, 1.54) is 0 Å².